The molecule has 1 heterocycles. The number of nitro groups is 1. The Kier molecular flexibility index (Phi) is 3.41. The summed E-state index contributed by atoms with van der Waals surface area (Å²) in [5.41, 5.74) is 2.77. The Bertz CT molecular complexity index is 646. The Hall–Kier alpha value is -2.17. The van der Waals surface area contributed by atoms with E-state index in [0.717, 1.165) is 22.0 Å². The lowest BCUT2D eigenvalue weighted by atomic mass is 10.0. The van der Waals surface area contributed by atoms with Crippen molar-refractivity contribution in [2.75, 3.05) is 6.54 Å². The van der Waals surface area contributed by atoms with Gasteiger partial charge < -0.3 is 4.98 Å². The van der Waals surface area contributed by atoms with Crippen LogP contribution in [0.3, 0.4) is 0 Å². The molecule has 0 amide bonds. The van der Waals surface area contributed by atoms with E-state index in [2.05, 4.69) is 4.98 Å². The highest BCUT2D eigenvalue weighted by molar-refractivity contribution is 5.82. The van der Waals surface area contributed by atoms with Gasteiger partial charge >= 0.3 is 0 Å². The standard InChI is InChI=1S/C13H14N2O3/c1-9-7-10(3-2-6-15(17)18)8-11-4-5-12(16)14-13(9)11/h4-5,7-8H,2-3,6H2,1H3,(H,14,16). The fourth-order valence-corrected chi connectivity index (χ4v) is 2.08. The number of aromatic nitrogens is 1. The van der Waals surface area contributed by atoms with Crippen molar-refractivity contribution in [3.8, 4) is 0 Å². The van der Waals surface area contributed by atoms with Crippen LogP contribution in [0.4, 0.5) is 0 Å². The number of nitrogens with zero attached hydrogens (tertiary/aromatic N) is 1. The normalized spacial score (nSPS) is 10.7. The number of pyridine rings is 1. The molecule has 5 nitrogen and oxygen atoms in total. The van der Waals surface area contributed by atoms with Crippen LogP contribution >= 0.6 is 0 Å². The van der Waals surface area contributed by atoms with Gasteiger partial charge in [-0.2, -0.15) is 0 Å². The molecule has 0 atom stereocenters. The van der Waals surface area contributed by atoms with E-state index in [-0.39, 0.29) is 17.0 Å². The van der Waals surface area contributed by atoms with Crippen LogP contribution in [0, 0.1) is 17.0 Å². The van der Waals surface area contributed by atoms with Crippen LogP contribution in [0.15, 0.2) is 29.1 Å². The molecule has 94 valence electrons. The maximum Gasteiger partial charge on any atom is 0.248 e. The Morgan fingerprint density at radius 1 is 1.33 bits per heavy atom. The van der Waals surface area contributed by atoms with E-state index in [9.17, 15) is 14.9 Å². The summed E-state index contributed by atoms with van der Waals surface area (Å²) >= 11 is 0. The number of H-pyrrole nitrogens is 1. The third-order valence-electron chi connectivity index (χ3n) is 2.89. The molecule has 5 heteroatoms. The van der Waals surface area contributed by atoms with E-state index in [0.29, 0.717) is 12.8 Å². The summed E-state index contributed by atoms with van der Waals surface area (Å²) in [6, 6.07) is 7.21. The van der Waals surface area contributed by atoms with Gasteiger partial charge in [0.1, 0.15) is 0 Å². The maximum atomic E-state index is 11.2. The van der Waals surface area contributed by atoms with Gasteiger partial charge in [-0.3, -0.25) is 14.9 Å². The van der Waals surface area contributed by atoms with Crippen molar-refractivity contribution >= 4 is 10.9 Å². The number of benzene rings is 1. The van der Waals surface area contributed by atoms with E-state index in [1.165, 1.54) is 6.07 Å². The molecular weight excluding hydrogens is 232 g/mol. The molecule has 0 aliphatic rings. The molecule has 0 radical (unpaired) electrons. The molecule has 2 rings (SSSR count). The lowest BCUT2D eigenvalue weighted by molar-refractivity contribution is -0.480. The first-order valence-corrected chi connectivity index (χ1v) is 5.80. The van der Waals surface area contributed by atoms with Gasteiger partial charge in [-0.1, -0.05) is 6.07 Å². The van der Waals surface area contributed by atoms with E-state index >= 15 is 0 Å². The zero-order chi connectivity index (χ0) is 13.1. The third-order valence-corrected chi connectivity index (χ3v) is 2.89. The minimum atomic E-state index is -0.300. The molecule has 0 aliphatic heterocycles. The van der Waals surface area contributed by atoms with Crippen LogP contribution in [0.25, 0.3) is 10.9 Å². The van der Waals surface area contributed by atoms with Gasteiger partial charge in [0.25, 0.3) is 0 Å². The Morgan fingerprint density at radius 3 is 2.83 bits per heavy atom. The average Bonchev–Trinajstić information content (AvgIpc) is 2.30. The third kappa shape index (κ3) is 2.74. The maximum absolute atomic E-state index is 11.2. The van der Waals surface area contributed by atoms with Crippen LogP contribution in [0.2, 0.25) is 0 Å². The fraction of sp³-hybridized carbons (Fsp3) is 0.308. The summed E-state index contributed by atoms with van der Waals surface area (Å²) in [4.78, 5) is 24.0. The summed E-state index contributed by atoms with van der Waals surface area (Å²) < 4.78 is 0. The number of fused-ring (bicyclic) bond motifs is 1. The quantitative estimate of drug-likeness (QED) is 0.662. The smallest absolute Gasteiger partial charge is 0.248 e. The molecule has 0 aliphatic carbocycles. The number of rotatable bonds is 4. The van der Waals surface area contributed by atoms with E-state index in [1.54, 1.807) is 6.07 Å². The van der Waals surface area contributed by atoms with Gasteiger partial charge in [0, 0.05) is 17.4 Å². The van der Waals surface area contributed by atoms with Crippen LogP contribution in [-0.2, 0) is 6.42 Å². The van der Waals surface area contributed by atoms with Crippen molar-refractivity contribution in [3.05, 3.63) is 55.9 Å². The second-order valence-electron chi connectivity index (χ2n) is 4.36. The lowest BCUT2D eigenvalue weighted by Gasteiger charge is -2.06. The average molecular weight is 246 g/mol. The lowest BCUT2D eigenvalue weighted by Crippen LogP contribution is -2.05. The number of hydrogen-bond acceptors (Lipinski definition) is 3. The number of aromatic amines is 1. The first-order valence-electron chi connectivity index (χ1n) is 5.80. The van der Waals surface area contributed by atoms with Crippen LogP contribution in [0.5, 0.6) is 0 Å². The molecule has 0 saturated carbocycles. The summed E-state index contributed by atoms with van der Waals surface area (Å²) in [6.07, 6.45) is 1.21. The predicted octanol–water partition coefficient (Wildman–Crippen LogP) is 2.05. The van der Waals surface area contributed by atoms with Gasteiger partial charge in [0.05, 0.1) is 5.52 Å². The number of nitrogens with one attached hydrogen (secondary N) is 1. The van der Waals surface area contributed by atoms with Gasteiger partial charge in [0.15, 0.2) is 0 Å². The van der Waals surface area contributed by atoms with Crippen molar-refractivity contribution < 1.29 is 4.92 Å². The second kappa shape index (κ2) is 5.00. The van der Waals surface area contributed by atoms with E-state index < -0.39 is 0 Å². The van der Waals surface area contributed by atoms with Crippen LogP contribution < -0.4 is 5.56 Å². The van der Waals surface area contributed by atoms with Crippen molar-refractivity contribution in [1.29, 1.82) is 0 Å². The van der Waals surface area contributed by atoms with E-state index in [1.807, 2.05) is 19.1 Å². The Balaban J connectivity index is 2.28. The number of hydrogen-bond donors (Lipinski definition) is 1. The highest BCUT2D eigenvalue weighted by atomic mass is 16.6. The summed E-state index contributed by atoms with van der Waals surface area (Å²) in [5.74, 6) is 0. The van der Waals surface area contributed by atoms with Gasteiger partial charge in [0.2, 0.25) is 12.1 Å². The molecule has 0 unspecified atom stereocenters. The summed E-state index contributed by atoms with van der Waals surface area (Å²) in [7, 11) is 0. The SMILES string of the molecule is Cc1cc(CCC[N+](=O)[O-])cc2ccc(=O)[nH]c12. The minimum Gasteiger partial charge on any atom is -0.322 e. The molecule has 0 bridgehead atoms. The Labute approximate surface area is 104 Å². The molecule has 1 N–H and O–H groups in total. The molecule has 1 aromatic carbocycles. The van der Waals surface area contributed by atoms with Gasteiger partial charge in [-0.15, -0.1) is 0 Å². The number of aryl methyl sites for hydroxylation is 2. The highest BCUT2D eigenvalue weighted by Crippen LogP contribution is 2.18. The largest absolute Gasteiger partial charge is 0.322 e. The topological polar surface area (TPSA) is 76.0 Å². The highest BCUT2D eigenvalue weighted by Gasteiger charge is 2.04. The first kappa shape index (κ1) is 12.3. The predicted molar refractivity (Wildman–Crippen MR) is 69.5 cm³/mol. The van der Waals surface area contributed by atoms with Gasteiger partial charge in [-0.05, 0) is 42.0 Å². The molecular formula is C13H14N2O3. The zero-order valence-electron chi connectivity index (χ0n) is 10.1. The van der Waals surface area contributed by atoms with Crippen molar-refractivity contribution in [2.45, 2.75) is 19.8 Å². The Morgan fingerprint density at radius 2 is 2.11 bits per heavy atom. The fourth-order valence-electron chi connectivity index (χ4n) is 2.08. The zero-order valence-corrected chi connectivity index (χ0v) is 10.1. The summed E-state index contributed by atoms with van der Waals surface area (Å²) in [6.45, 7) is 1.91. The molecule has 1 aromatic heterocycles. The molecule has 2 aromatic rings. The van der Waals surface area contributed by atoms with E-state index in [4.69, 9.17) is 0 Å². The van der Waals surface area contributed by atoms with Crippen LogP contribution in [0.1, 0.15) is 17.5 Å². The van der Waals surface area contributed by atoms with Crippen molar-refractivity contribution in [2.24, 2.45) is 0 Å². The molecule has 18 heavy (non-hydrogen) atoms. The minimum absolute atomic E-state index is 0.0112. The first-order chi connectivity index (χ1) is 8.56. The molecule has 0 spiro atoms. The van der Waals surface area contributed by atoms with Crippen LogP contribution in [-0.4, -0.2) is 16.5 Å². The second-order valence-corrected chi connectivity index (χ2v) is 4.36. The van der Waals surface area contributed by atoms with Gasteiger partial charge in [-0.25, -0.2) is 0 Å². The monoisotopic (exact) mass is 246 g/mol. The van der Waals surface area contributed by atoms with Crippen molar-refractivity contribution in [1.82, 2.24) is 4.98 Å². The summed E-state index contributed by atoms with van der Waals surface area (Å²) in [5, 5.41) is 11.2. The van der Waals surface area contributed by atoms with Crippen molar-refractivity contribution in [3.63, 3.8) is 0 Å². The molecule has 0 fully saturated rings. The molecule has 0 saturated heterocycles.